The van der Waals surface area contributed by atoms with E-state index in [1.54, 1.807) is 0 Å². The predicted octanol–water partition coefficient (Wildman–Crippen LogP) is 4.04. The topological polar surface area (TPSA) is 42.4 Å². The van der Waals surface area contributed by atoms with Crippen molar-refractivity contribution in [2.24, 2.45) is 0 Å². The molecule has 3 rings (SSSR count). The molecule has 0 saturated carbocycles. The number of benzene rings is 1. The Bertz CT molecular complexity index is 798. The van der Waals surface area contributed by atoms with Crippen LogP contribution in [0.1, 0.15) is 41.3 Å². The number of rotatable bonds is 5. The average Bonchev–Trinajstić information content (AvgIpc) is 2.68. The van der Waals surface area contributed by atoms with Gasteiger partial charge in [-0.1, -0.05) is 18.2 Å². The van der Waals surface area contributed by atoms with Gasteiger partial charge in [0, 0.05) is 43.9 Å². The van der Waals surface area contributed by atoms with Gasteiger partial charge in [0.15, 0.2) is 0 Å². The molecule has 4 nitrogen and oxygen atoms in total. The molecule has 0 radical (unpaired) electrons. The molecule has 28 heavy (non-hydrogen) atoms. The number of piperidine rings is 1. The summed E-state index contributed by atoms with van der Waals surface area (Å²) < 4.78 is 42.9. The number of ether oxygens (including phenoxy) is 1. The number of hydrogen-bond donors (Lipinski definition) is 0. The molecule has 1 aromatic carbocycles. The fourth-order valence-corrected chi connectivity index (χ4v) is 3.48. The van der Waals surface area contributed by atoms with Gasteiger partial charge in [-0.15, -0.1) is 0 Å². The summed E-state index contributed by atoms with van der Waals surface area (Å²) >= 11 is 0. The number of amides is 1. The van der Waals surface area contributed by atoms with E-state index < -0.39 is 11.7 Å². The lowest BCUT2D eigenvalue weighted by atomic mass is 9.92. The van der Waals surface area contributed by atoms with Crippen LogP contribution in [0.5, 0.6) is 0 Å². The normalized spacial score (nSPS) is 15.6. The summed E-state index contributed by atoms with van der Waals surface area (Å²) in [7, 11) is 1.51. The van der Waals surface area contributed by atoms with E-state index in [1.165, 1.54) is 19.2 Å². The van der Waals surface area contributed by atoms with Gasteiger partial charge in [0.1, 0.15) is 6.61 Å². The number of carbonyl (C=O) groups is 1. The first-order valence-electron chi connectivity index (χ1n) is 9.25. The molecule has 0 aliphatic carbocycles. The van der Waals surface area contributed by atoms with Crippen LogP contribution in [0.15, 0.2) is 42.5 Å². The maximum Gasteiger partial charge on any atom is 0.416 e. The smallest absolute Gasteiger partial charge is 0.375 e. The highest BCUT2D eigenvalue weighted by Crippen LogP contribution is 2.30. The largest absolute Gasteiger partial charge is 0.416 e. The van der Waals surface area contributed by atoms with Gasteiger partial charge < -0.3 is 9.64 Å². The third-order valence-electron chi connectivity index (χ3n) is 5.03. The van der Waals surface area contributed by atoms with Gasteiger partial charge in [-0.25, -0.2) is 0 Å². The highest BCUT2D eigenvalue weighted by molar-refractivity contribution is 5.77. The van der Waals surface area contributed by atoms with E-state index in [-0.39, 0.29) is 18.4 Å². The van der Waals surface area contributed by atoms with Gasteiger partial charge in [0.2, 0.25) is 5.91 Å². The lowest BCUT2D eigenvalue weighted by Crippen LogP contribution is -2.39. The summed E-state index contributed by atoms with van der Waals surface area (Å²) in [6.07, 6.45) is -2.16. The summed E-state index contributed by atoms with van der Waals surface area (Å²) in [5.41, 5.74) is 1.95. The summed E-state index contributed by atoms with van der Waals surface area (Å²) in [4.78, 5) is 18.4. The van der Waals surface area contributed by atoms with Crippen molar-refractivity contribution in [1.29, 1.82) is 0 Å². The van der Waals surface area contributed by atoms with Crippen LogP contribution >= 0.6 is 0 Å². The summed E-state index contributed by atoms with van der Waals surface area (Å²) in [6, 6.07) is 11.0. The highest BCUT2D eigenvalue weighted by Gasteiger charge is 2.30. The molecule has 2 aromatic rings. The summed E-state index contributed by atoms with van der Waals surface area (Å²) in [5, 5.41) is 0. The molecule has 1 aliphatic heterocycles. The monoisotopic (exact) mass is 392 g/mol. The molecular weight excluding hydrogens is 369 g/mol. The molecule has 1 aromatic heterocycles. The first-order chi connectivity index (χ1) is 13.4. The Kier molecular flexibility index (Phi) is 6.34. The molecule has 0 N–H and O–H groups in total. The minimum absolute atomic E-state index is 0.00460. The third-order valence-corrected chi connectivity index (χ3v) is 5.03. The quantitative estimate of drug-likeness (QED) is 0.771. The highest BCUT2D eigenvalue weighted by atomic mass is 19.4. The van der Waals surface area contributed by atoms with E-state index in [0.29, 0.717) is 19.5 Å². The van der Waals surface area contributed by atoms with Gasteiger partial charge in [0.05, 0.1) is 5.56 Å². The SMILES string of the molecule is COCC(=O)N1CCC(c2cccc(Cc3ccc(C(F)(F)F)cc3)n2)CC1. The molecule has 1 amide bonds. The second-order valence-corrected chi connectivity index (χ2v) is 7.01. The Labute approximate surface area is 162 Å². The third kappa shape index (κ3) is 5.10. The zero-order valence-corrected chi connectivity index (χ0v) is 15.7. The molecule has 1 aliphatic rings. The van der Waals surface area contributed by atoms with Crippen LogP contribution in [0, 0.1) is 0 Å². The number of pyridine rings is 1. The van der Waals surface area contributed by atoms with Gasteiger partial charge in [-0.05, 0) is 42.7 Å². The molecule has 0 unspecified atom stereocenters. The Hall–Kier alpha value is -2.41. The number of carbonyl (C=O) groups excluding carboxylic acids is 1. The molecule has 0 atom stereocenters. The van der Waals surface area contributed by atoms with Crippen molar-refractivity contribution in [3.8, 4) is 0 Å². The molecule has 150 valence electrons. The van der Waals surface area contributed by atoms with Crippen molar-refractivity contribution in [1.82, 2.24) is 9.88 Å². The summed E-state index contributed by atoms with van der Waals surface area (Å²) in [5.74, 6) is 0.282. The fraction of sp³-hybridized carbons (Fsp3) is 0.429. The van der Waals surface area contributed by atoms with Crippen molar-refractivity contribution in [2.75, 3.05) is 26.8 Å². The Morgan fingerprint density at radius 1 is 1.14 bits per heavy atom. The van der Waals surface area contributed by atoms with Crippen LogP contribution in [-0.4, -0.2) is 42.6 Å². The van der Waals surface area contributed by atoms with Crippen LogP contribution in [0.2, 0.25) is 0 Å². The number of alkyl halides is 3. The van der Waals surface area contributed by atoms with E-state index in [9.17, 15) is 18.0 Å². The second kappa shape index (κ2) is 8.73. The van der Waals surface area contributed by atoms with Crippen molar-refractivity contribution in [3.05, 3.63) is 65.0 Å². The number of likely N-dealkylation sites (tertiary alicyclic amines) is 1. The zero-order valence-electron chi connectivity index (χ0n) is 15.7. The van der Waals surface area contributed by atoms with E-state index in [2.05, 4.69) is 0 Å². The number of nitrogens with zero attached hydrogens (tertiary/aromatic N) is 2. The standard InChI is InChI=1S/C21H23F3N2O2/c1-28-14-20(27)26-11-9-16(10-12-26)19-4-2-3-18(25-19)13-15-5-7-17(8-6-15)21(22,23)24/h2-8,16H,9-14H2,1H3. The van der Waals surface area contributed by atoms with Gasteiger partial charge >= 0.3 is 6.18 Å². The average molecular weight is 392 g/mol. The van der Waals surface area contributed by atoms with Gasteiger partial charge in [0.25, 0.3) is 0 Å². The molecule has 2 heterocycles. The molecular formula is C21H23F3N2O2. The maximum absolute atomic E-state index is 12.7. The van der Waals surface area contributed by atoms with Crippen LogP contribution in [0.25, 0.3) is 0 Å². The number of halogens is 3. The van der Waals surface area contributed by atoms with Crippen molar-refractivity contribution >= 4 is 5.91 Å². The van der Waals surface area contributed by atoms with Crippen LogP contribution < -0.4 is 0 Å². The van der Waals surface area contributed by atoms with E-state index in [0.717, 1.165) is 41.9 Å². The molecule has 0 bridgehead atoms. The number of hydrogen-bond acceptors (Lipinski definition) is 3. The molecule has 1 saturated heterocycles. The Morgan fingerprint density at radius 2 is 1.82 bits per heavy atom. The van der Waals surface area contributed by atoms with Crippen molar-refractivity contribution in [2.45, 2.75) is 31.4 Å². The van der Waals surface area contributed by atoms with Crippen molar-refractivity contribution < 1.29 is 22.7 Å². The first kappa shape index (κ1) is 20.3. The van der Waals surface area contributed by atoms with Crippen LogP contribution in [0.3, 0.4) is 0 Å². The molecule has 1 fully saturated rings. The molecule has 7 heteroatoms. The maximum atomic E-state index is 12.7. The lowest BCUT2D eigenvalue weighted by Gasteiger charge is -2.31. The minimum Gasteiger partial charge on any atom is -0.375 e. The van der Waals surface area contributed by atoms with E-state index >= 15 is 0 Å². The van der Waals surface area contributed by atoms with Gasteiger partial charge in [-0.3, -0.25) is 9.78 Å². The molecule has 0 spiro atoms. The van der Waals surface area contributed by atoms with Crippen molar-refractivity contribution in [3.63, 3.8) is 0 Å². The predicted molar refractivity (Wildman–Crippen MR) is 98.9 cm³/mol. The van der Waals surface area contributed by atoms with Crippen LogP contribution in [-0.2, 0) is 22.1 Å². The van der Waals surface area contributed by atoms with E-state index in [1.807, 2.05) is 23.1 Å². The van der Waals surface area contributed by atoms with E-state index in [4.69, 9.17) is 9.72 Å². The Balaban J connectivity index is 1.62. The minimum atomic E-state index is -4.32. The number of methoxy groups -OCH3 is 1. The number of aromatic nitrogens is 1. The fourth-order valence-electron chi connectivity index (χ4n) is 3.48. The van der Waals surface area contributed by atoms with Gasteiger partial charge in [-0.2, -0.15) is 13.2 Å². The first-order valence-corrected chi connectivity index (χ1v) is 9.25. The Morgan fingerprint density at radius 3 is 2.43 bits per heavy atom. The zero-order chi connectivity index (χ0) is 20.1. The second-order valence-electron chi connectivity index (χ2n) is 7.01. The lowest BCUT2D eigenvalue weighted by molar-refractivity contribution is -0.137. The van der Waals surface area contributed by atoms with Crippen LogP contribution in [0.4, 0.5) is 13.2 Å². The summed E-state index contributed by atoms with van der Waals surface area (Å²) in [6.45, 7) is 1.46.